The first-order chi connectivity index (χ1) is 8.03. The largest absolute Gasteiger partial charge is 0.374 e. The molecule has 0 spiro atoms. The molecule has 98 valence electrons. The number of rotatable bonds is 7. The van der Waals surface area contributed by atoms with Gasteiger partial charge in [-0.3, -0.25) is 4.68 Å². The lowest BCUT2D eigenvalue weighted by Crippen LogP contribution is -2.42. The fourth-order valence-corrected chi connectivity index (χ4v) is 2.01. The van der Waals surface area contributed by atoms with E-state index < -0.39 is 0 Å². The van der Waals surface area contributed by atoms with E-state index in [0.717, 1.165) is 18.7 Å². The summed E-state index contributed by atoms with van der Waals surface area (Å²) in [6.07, 6.45) is 2.89. The van der Waals surface area contributed by atoms with Crippen molar-refractivity contribution in [1.82, 2.24) is 20.3 Å². The Bertz CT molecular complexity index is 335. The molecule has 1 aromatic heterocycles. The Morgan fingerprint density at radius 1 is 1.47 bits per heavy atom. The highest BCUT2D eigenvalue weighted by atomic mass is 16.5. The third-order valence-electron chi connectivity index (χ3n) is 2.86. The molecule has 0 aromatic carbocycles. The standard InChI is InChI=1S/C12H24N4O/c1-6-8-13-11(12(3,4)17-7-2)10-9-14-15-16(10)5/h9,11,13H,6-8H2,1-5H3. The van der Waals surface area contributed by atoms with Crippen LogP contribution in [0.2, 0.25) is 0 Å². The number of nitrogens with one attached hydrogen (secondary N) is 1. The first-order valence-electron chi connectivity index (χ1n) is 6.24. The summed E-state index contributed by atoms with van der Waals surface area (Å²) in [5.74, 6) is 0. The Labute approximate surface area is 104 Å². The minimum absolute atomic E-state index is 0.0994. The number of aryl methyl sites for hydroxylation is 1. The van der Waals surface area contributed by atoms with Gasteiger partial charge in [0.05, 0.1) is 23.5 Å². The fraction of sp³-hybridized carbons (Fsp3) is 0.833. The van der Waals surface area contributed by atoms with E-state index in [4.69, 9.17) is 4.74 Å². The van der Waals surface area contributed by atoms with Crippen molar-refractivity contribution in [3.63, 3.8) is 0 Å². The van der Waals surface area contributed by atoms with Crippen molar-refractivity contribution < 1.29 is 4.74 Å². The topological polar surface area (TPSA) is 52.0 Å². The Morgan fingerprint density at radius 2 is 2.18 bits per heavy atom. The summed E-state index contributed by atoms with van der Waals surface area (Å²) in [6, 6.07) is 0.0994. The van der Waals surface area contributed by atoms with E-state index >= 15 is 0 Å². The second-order valence-electron chi connectivity index (χ2n) is 4.71. The second kappa shape index (κ2) is 6.12. The molecule has 1 unspecified atom stereocenters. The first kappa shape index (κ1) is 14.1. The van der Waals surface area contributed by atoms with E-state index in [-0.39, 0.29) is 11.6 Å². The quantitative estimate of drug-likeness (QED) is 0.787. The highest BCUT2D eigenvalue weighted by Crippen LogP contribution is 2.28. The van der Waals surface area contributed by atoms with Crippen LogP contribution >= 0.6 is 0 Å². The third kappa shape index (κ3) is 3.51. The van der Waals surface area contributed by atoms with Gasteiger partial charge in [0, 0.05) is 13.7 Å². The highest BCUT2D eigenvalue weighted by molar-refractivity contribution is 5.08. The molecule has 1 N–H and O–H groups in total. The Morgan fingerprint density at radius 3 is 2.65 bits per heavy atom. The summed E-state index contributed by atoms with van der Waals surface area (Å²) >= 11 is 0. The van der Waals surface area contributed by atoms with Crippen molar-refractivity contribution >= 4 is 0 Å². The molecule has 0 fully saturated rings. The summed E-state index contributed by atoms with van der Waals surface area (Å²) in [4.78, 5) is 0. The van der Waals surface area contributed by atoms with Crippen LogP contribution < -0.4 is 5.32 Å². The van der Waals surface area contributed by atoms with E-state index in [1.807, 2.05) is 14.0 Å². The van der Waals surface area contributed by atoms with Crippen LogP contribution in [0.4, 0.5) is 0 Å². The highest BCUT2D eigenvalue weighted by Gasteiger charge is 2.33. The molecule has 0 saturated heterocycles. The summed E-state index contributed by atoms with van der Waals surface area (Å²) < 4.78 is 7.64. The third-order valence-corrected chi connectivity index (χ3v) is 2.86. The van der Waals surface area contributed by atoms with Gasteiger partial charge in [-0.05, 0) is 33.7 Å². The number of hydrogen-bond acceptors (Lipinski definition) is 4. The molecule has 1 heterocycles. The van der Waals surface area contributed by atoms with E-state index in [0.29, 0.717) is 6.61 Å². The Hall–Kier alpha value is -0.940. The second-order valence-corrected chi connectivity index (χ2v) is 4.71. The average molecular weight is 240 g/mol. The van der Waals surface area contributed by atoms with Crippen molar-refractivity contribution in [3.8, 4) is 0 Å². The maximum atomic E-state index is 5.84. The lowest BCUT2D eigenvalue weighted by Gasteiger charge is -2.34. The maximum absolute atomic E-state index is 5.84. The van der Waals surface area contributed by atoms with E-state index in [1.54, 1.807) is 10.9 Å². The normalized spacial score (nSPS) is 13.9. The predicted molar refractivity (Wildman–Crippen MR) is 67.7 cm³/mol. The van der Waals surface area contributed by atoms with Crippen molar-refractivity contribution in [2.45, 2.75) is 45.8 Å². The van der Waals surface area contributed by atoms with Gasteiger partial charge in [-0.1, -0.05) is 12.1 Å². The van der Waals surface area contributed by atoms with Gasteiger partial charge in [0.2, 0.25) is 0 Å². The molecule has 1 aromatic rings. The van der Waals surface area contributed by atoms with Crippen molar-refractivity contribution in [3.05, 3.63) is 11.9 Å². The lowest BCUT2D eigenvalue weighted by molar-refractivity contribution is -0.0410. The Balaban J connectivity index is 2.91. The molecular weight excluding hydrogens is 216 g/mol. The number of hydrogen-bond donors (Lipinski definition) is 1. The zero-order valence-electron chi connectivity index (χ0n) is 11.5. The van der Waals surface area contributed by atoms with Crippen LogP contribution in [0.25, 0.3) is 0 Å². The number of nitrogens with zero attached hydrogens (tertiary/aromatic N) is 3. The molecule has 1 atom stereocenters. The van der Waals surface area contributed by atoms with Gasteiger partial charge in [-0.25, -0.2) is 0 Å². The minimum Gasteiger partial charge on any atom is -0.374 e. The van der Waals surface area contributed by atoms with Gasteiger partial charge in [0.25, 0.3) is 0 Å². The molecule has 0 aliphatic heterocycles. The van der Waals surface area contributed by atoms with Gasteiger partial charge >= 0.3 is 0 Å². The van der Waals surface area contributed by atoms with Crippen LogP contribution in [0.1, 0.15) is 45.9 Å². The first-order valence-corrected chi connectivity index (χ1v) is 6.24. The van der Waals surface area contributed by atoms with Crippen LogP contribution in [-0.4, -0.2) is 33.7 Å². The van der Waals surface area contributed by atoms with Crippen LogP contribution in [-0.2, 0) is 11.8 Å². The van der Waals surface area contributed by atoms with Gasteiger partial charge in [-0.15, -0.1) is 5.10 Å². The molecule has 0 saturated carbocycles. The average Bonchev–Trinajstić information content (AvgIpc) is 2.65. The zero-order chi connectivity index (χ0) is 12.9. The van der Waals surface area contributed by atoms with Crippen LogP contribution in [0.15, 0.2) is 6.20 Å². The maximum Gasteiger partial charge on any atom is 0.0836 e. The van der Waals surface area contributed by atoms with Crippen LogP contribution in [0.5, 0.6) is 0 Å². The molecule has 1 rings (SSSR count). The van der Waals surface area contributed by atoms with E-state index in [2.05, 4.69) is 36.4 Å². The van der Waals surface area contributed by atoms with Crippen LogP contribution in [0.3, 0.4) is 0 Å². The molecule has 5 nitrogen and oxygen atoms in total. The van der Waals surface area contributed by atoms with Crippen molar-refractivity contribution in [2.75, 3.05) is 13.2 Å². The summed E-state index contributed by atoms with van der Waals surface area (Å²) in [5.41, 5.74) is 0.774. The molecule has 0 aliphatic rings. The minimum atomic E-state index is -0.278. The summed E-state index contributed by atoms with van der Waals surface area (Å²) in [6.45, 7) is 10.0. The fourth-order valence-electron chi connectivity index (χ4n) is 2.01. The zero-order valence-corrected chi connectivity index (χ0v) is 11.5. The molecule has 5 heteroatoms. The molecule has 0 aliphatic carbocycles. The molecular formula is C12H24N4O. The lowest BCUT2D eigenvalue weighted by atomic mass is 9.95. The van der Waals surface area contributed by atoms with Crippen molar-refractivity contribution in [2.24, 2.45) is 7.05 Å². The monoisotopic (exact) mass is 240 g/mol. The number of ether oxygens (including phenoxy) is 1. The van der Waals surface area contributed by atoms with E-state index in [1.165, 1.54) is 0 Å². The SMILES string of the molecule is CCCNC(c1cnnn1C)C(C)(C)OCC. The molecule has 0 radical (unpaired) electrons. The van der Waals surface area contributed by atoms with E-state index in [9.17, 15) is 0 Å². The molecule has 0 bridgehead atoms. The van der Waals surface area contributed by atoms with Gasteiger partial charge < -0.3 is 10.1 Å². The van der Waals surface area contributed by atoms with Gasteiger partial charge in [0.1, 0.15) is 0 Å². The molecule has 0 amide bonds. The van der Waals surface area contributed by atoms with Crippen LogP contribution in [0, 0.1) is 0 Å². The Kier molecular flexibility index (Phi) is 5.08. The van der Waals surface area contributed by atoms with Crippen molar-refractivity contribution in [1.29, 1.82) is 0 Å². The van der Waals surface area contributed by atoms with Gasteiger partial charge in [-0.2, -0.15) is 0 Å². The summed E-state index contributed by atoms with van der Waals surface area (Å²) in [5, 5.41) is 11.4. The smallest absolute Gasteiger partial charge is 0.0836 e. The summed E-state index contributed by atoms with van der Waals surface area (Å²) in [7, 11) is 1.91. The predicted octanol–water partition coefficient (Wildman–Crippen LogP) is 1.67. The van der Waals surface area contributed by atoms with Gasteiger partial charge in [0.15, 0.2) is 0 Å². The number of aromatic nitrogens is 3. The molecule has 17 heavy (non-hydrogen) atoms.